The van der Waals surface area contributed by atoms with Gasteiger partial charge in [-0.15, -0.1) is 0 Å². The summed E-state index contributed by atoms with van der Waals surface area (Å²) in [6, 6.07) is 7.98. The van der Waals surface area contributed by atoms with Crippen LogP contribution in [-0.4, -0.2) is 17.7 Å². The van der Waals surface area contributed by atoms with Crippen molar-refractivity contribution in [3.63, 3.8) is 0 Å². The Morgan fingerprint density at radius 2 is 1.60 bits per heavy atom. The summed E-state index contributed by atoms with van der Waals surface area (Å²) in [5.74, 6) is -2.75. The Morgan fingerprint density at radius 1 is 1.07 bits per heavy atom. The summed E-state index contributed by atoms with van der Waals surface area (Å²) < 4.78 is 4.27. The van der Waals surface area contributed by atoms with Crippen LogP contribution in [0, 0.1) is 40.8 Å². The van der Waals surface area contributed by atoms with Gasteiger partial charge in [0.1, 0.15) is 0 Å². The van der Waals surface area contributed by atoms with Gasteiger partial charge in [0, 0.05) is 47.8 Å². The monoisotopic (exact) mass is 334 g/mol. The quantitative estimate of drug-likeness (QED) is 0.458. The second-order valence-electron chi connectivity index (χ2n) is 2.60. The summed E-state index contributed by atoms with van der Waals surface area (Å²) in [5, 5.41) is 0. The molecule has 0 saturated heterocycles. The van der Waals surface area contributed by atoms with Gasteiger partial charge in [-0.25, -0.2) is 9.59 Å². The molecule has 0 radical (unpaired) electrons. The van der Waals surface area contributed by atoms with Crippen LogP contribution < -0.4 is 0 Å². The second-order valence-corrected chi connectivity index (χ2v) is 2.60. The third-order valence-corrected chi connectivity index (χ3v) is 1.48. The van der Waals surface area contributed by atoms with E-state index >= 15 is 0 Å². The molecule has 1 aromatic carbocycles. The van der Waals surface area contributed by atoms with E-state index in [1.807, 2.05) is 0 Å². The van der Waals surface area contributed by atoms with E-state index in [0.717, 1.165) is 6.92 Å². The third kappa shape index (κ3) is 4.61. The zero-order valence-corrected chi connectivity index (χ0v) is 11.2. The fourth-order valence-electron chi connectivity index (χ4n) is 0.789. The maximum atomic E-state index is 11.2. The molecule has 0 aliphatic carbocycles. The first kappa shape index (κ1) is 14.4. The Hall–Kier alpha value is -0.619. The van der Waals surface area contributed by atoms with Crippen LogP contribution in [0.3, 0.4) is 0 Å². The molecule has 0 spiro atoms. The molecule has 0 heterocycles. The molecule has 0 amide bonds. The molecule has 4 nitrogen and oxygen atoms in total. The number of Topliss-reactive ketones (excluding diaryl/α,β-unsaturated/α-hetero) is 1. The van der Waals surface area contributed by atoms with E-state index < -0.39 is 17.7 Å². The van der Waals surface area contributed by atoms with E-state index in [1.165, 1.54) is 12.1 Å². The minimum atomic E-state index is -1.14. The predicted molar refractivity (Wildman–Crippen MR) is 47.5 cm³/mol. The summed E-state index contributed by atoms with van der Waals surface area (Å²) >= 11 is 0. The van der Waals surface area contributed by atoms with Crippen molar-refractivity contribution in [1.82, 2.24) is 0 Å². The van der Waals surface area contributed by atoms with Crippen LogP contribution in [0.15, 0.2) is 30.3 Å². The zero-order valence-electron chi connectivity index (χ0n) is 8.02. The molecule has 0 unspecified atom stereocenters. The first-order valence-corrected chi connectivity index (χ1v) is 3.93. The van der Waals surface area contributed by atoms with Crippen LogP contribution in [0.4, 0.5) is 0 Å². The minimum Gasteiger partial charge on any atom is -0.384 e. The van der Waals surface area contributed by atoms with Gasteiger partial charge < -0.3 is 4.74 Å². The fourth-order valence-corrected chi connectivity index (χ4v) is 0.789. The van der Waals surface area contributed by atoms with Crippen molar-refractivity contribution in [2.45, 2.75) is 6.92 Å². The number of esters is 2. The summed E-state index contributed by atoms with van der Waals surface area (Å²) in [7, 11) is 0. The van der Waals surface area contributed by atoms with Crippen molar-refractivity contribution in [3.8, 4) is 0 Å². The first-order valence-electron chi connectivity index (χ1n) is 3.93. The molecule has 0 fully saturated rings. The van der Waals surface area contributed by atoms with E-state index in [2.05, 4.69) is 4.74 Å². The number of hydrogen-bond acceptors (Lipinski definition) is 4. The Balaban J connectivity index is 0.00000196. The van der Waals surface area contributed by atoms with Crippen LogP contribution in [0.25, 0.3) is 0 Å². The zero-order chi connectivity index (χ0) is 10.6. The molecule has 76 valence electrons. The van der Waals surface area contributed by atoms with Gasteiger partial charge in [-0.05, 0) is 12.1 Å². The molecule has 1 aromatic rings. The van der Waals surface area contributed by atoms with Gasteiger partial charge in [0.05, 0.1) is 5.56 Å². The minimum absolute atomic E-state index is 0. The van der Waals surface area contributed by atoms with Crippen LogP contribution in [0.2, 0.25) is 0 Å². The van der Waals surface area contributed by atoms with E-state index in [1.54, 1.807) is 18.2 Å². The van der Waals surface area contributed by atoms with E-state index in [9.17, 15) is 14.4 Å². The van der Waals surface area contributed by atoms with Gasteiger partial charge in [0.15, 0.2) is 0 Å². The Labute approximate surface area is 120 Å². The smallest absolute Gasteiger partial charge is 0.382 e. The standard InChI is InChI=1S/C10H8O4.Nd/c1-7(11)9(12)14-10(13)8-5-3-2-4-6-8;/h2-6H,1H3;. The van der Waals surface area contributed by atoms with Crippen molar-refractivity contribution in [1.29, 1.82) is 0 Å². The number of rotatable bonds is 2. The summed E-state index contributed by atoms with van der Waals surface area (Å²) in [6.07, 6.45) is 0. The number of ether oxygens (including phenoxy) is 1. The van der Waals surface area contributed by atoms with Crippen LogP contribution in [0.5, 0.6) is 0 Å². The fraction of sp³-hybridized carbons (Fsp3) is 0.100. The molecule has 0 aliphatic heterocycles. The maximum Gasteiger partial charge on any atom is 0.382 e. The SMILES string of the molecule is CC(=O)C(=O)OC(=O)c1ccccc1.[Nd]. The first-order chi connectivity index (χ1) is 6.61. The molecular weight excluding hydrogens is 328 g/mol. The number of hydrogen-bond donors (Lipinski definition) is 0. The number of carbonyl (C=O) groups excluding carboxylic acids is 3. The van der Waals surface area contributed by atoms with Gasteiger partial charge in [-0.2, -0.15) is 0 Å². The Morgan fingerprint density at radius 3 is 2.07 bits per heavy atom. The molecule has 0 aromatic heterocycles. The Kier molecular flexibility index (Phi) is 6.51. The molecule has 15 heavy (non-hydrogen) atoms. The molecule has 0 bridgehead atoms. The van der Waals surface area contributed by atoms with Crippen molar-refractivity contribution < 1.29 is 60.0 Å². The van der Waals surface area contributed by atoms with E-state index in [-0.39, 0.29) is 46.4 Å². The molecular formula is C10H8NdO4. The van der Waals surface area contributed by atoms with E-state index in [4.69, 9.17) is 0 Å². The number of carbonyl (C=O) groups is 3. The summed E-state index contributed by atoms with van der Waals surface area (Å²) in [5.41, 5.74) is 0.238. The van der Waals surface area contributed by atoms with Gasteiger partial charge >= 0.3 is 11.9 Å². The average Bonchev–Trinajstić information content (AvgIpc) is 2.19. The normalized spacial score (nSPS) is 8.60. The van der Waals surface area contributed by atoms with Crippen molar-refractivity contribution in [3.05, 3.63) is 35.9 Å². The van der Waals surface area contributed by atoms with Gasteiger partial charge in [0.2, 0.25) is 5.78 Å². The number of ketones is 1. The van der Waals surface area contributed by atoms with E-state index in [0.29, 0.717) is 0 Å². The molecule has 0 saturated carbocycles. The van der Waals surface area contributed by atoms with Crippen LogP contribution in [0.1, 0.15) is 17.3 Å². The van der Waals surface area contributed by atoms with Crippen LogP contribution >= 0.6 is 0 Å². The molecule has 1 rings (SSSR count). The average molecular weight is 336 g/mol. The van der Waals surface area contributed by atoms with Gasteiger partial charge in [0.25, 0.3) is 0 Å². The van der Waals surface area contributed by atoms with Gasteiger partial charge in [-0.1, -0.05) is 18.2 Å². The number of benzene rings is 1. The molecule has 0 aliphatic rings. The van der Waals surface area contributed by atoms with Crippen molar-refractivity contribution >= 4 is 17.7 Å². The topological polar surface area (TPSA) is 60.4 Å². The summed E-state index contributed by atoms with van der Waals surface area (Å²) in [4.78, 5) is 32.4. The molecule has 5 heteroatoms. The van der Waals surface area contributed by atoms with Crippen LogP contribution in [-0.2, 0) is 14.3 Å². The molecule has 0 N–H and O–H groups in total. The van der Waals surface area contributed by atoms with Crippen molar-refractivity contribution in [2.24, 2.45) is 0 Å². The van der Waals surface area contributed by atoms with Gasteiger partial charge in [-0.3, -0.25) is 4.79 Å². The largest absolute Gasteiger partial charge is 0.384 e. The Bertz CT molecular complexity index is 372. The predicted octanol–water partition coefficient (Wildman–Crippen LogP) is 0.959. The maximum absolute atomic E-state index is 11.2. The third-order valence-electron chi connectivity index (χ3n) is 1.48. The van der Waals surface area contributed by atoms with Crippen molar-refractivity contribution in [2.75, 3.05) is 0 Å². The summed E-state index contributed by atoms with van der Waals surface area (Å²) in [6.45, 7) is 1.04. The molecule has 0 atom stereocenters. The second kappa shape index (κ2) is 6.79.